The lowest BCUT2D eigenvalue weighted by Gasteiger charge is -2.30. The third-order valence-electron chi connectivity index (χ3n) is 7.99. The molecule has 0 saturated heterocycles. The second-order valence-electron chi connectivity index (χ2n) is 10.2. The van der Waals surface area contributed by atoms with Crippen molar-refractivity contribution in [3.63, 3.8) is 0 Å². The molecule has 0 saturated carbocycles. The van der Waals surface area contributed by atoms with E-state index in [0.29, 0.717) is 38.9 Å². The van der Waals surface area contributed by atoms with E-state index < -0.39 is 8.32 Å². The van der Waals surface area contributed by atoms with Gasteiger partial charge in [-0.05, 0) is 77.4 Å². The van der Waals surface area contributed by atoms with Gasteiger partial charge in [-0.25, -0.2) is 0 Å². The average molecular weight is 564 g/mol. The van der Waals surface area contributed by atoms with E-state index in [1.165, 1.54) is 13.7 Å². The second-order valence-corrected chi connectivity index (χ2v) is 14.5. The Balaban J connectivity index is 1.71. The molecular weight excluding hydrogens is 518 g/mol. The molecule has 0 aliphatic heterocycles. The Morgan fingerprint density at radius 1 is 0.564 bits per heavy atom. The van der Waals surface area contributed by atoms with Crippen LogP contribution in [-0.4, -0.2) is 59.8 Å². The third kappa shape index (κ3) is 6.70. The predicted octanol–water partition coefficient (Wildman–Crippen LogP) is 5.17. The van der Waals surface area contributed by atoms with Gasteiger partial charge in [0.1, 0.15) is 0 Å². The highest BCUT2D eigenvalue weighted by atomic mass is 28.4. The van der Waals surface area contributed by atoms with Crippen molar-refractivity contribution in [3.8, 4) is 35.3 Å². The van der Waals surface area contributed by atoms with E-state index in [1.807, 2.05) is 20.8 Å². The molecule has 218 valence electrons. The van der Waals surface area contributed by atoms with Crippen molar-refractivity contribution in [1.82, 2.24) is 13.7 Å². The molecule has 3 aromatic rings. The molecular formula is C28H45N3O7Si. The number of hydrogen-bond donors (Lipinski definition) is 6. The van der Waals surface area contributed by atoms with Gasteiger partial charge in [-0.3, -0.25) is 13.7 Å². The number of aromatic hydroxyl groups is 6. The second kappa shape index (κ2) is 13.3. The van der Waals surface area contributed by atoms with Gasteiger partial charge in [-0.15, -0.1) is 0 Å². The molecule has 0 radical (unpaired) electrons. The van der Waals surface area contributed by atoms with E-state index >= 15 is 0 Å². The summed E-state index contributed by atoms with van der Waals surface area (Å²) in [5.41, 5.74) is 2.16. The van der Waals surface area contributed by atoms with E-state index in [9.17, 15) is 30.6 Å². The minimum Gasteiger partial charge on any atom is -0.494 e. The first-order chi connectivity index (χ1) is 18.6. The molecule has 0 aliphatic carbocycles. The van der Waals surface area contributed by atoms with Gasteiger partial charge in [0.25, 0.3) is 0 Å². The average Bonchev–Trinajstić information content (AvgIpc) is 3.46. The highest BCUT2D eigenvalue weighted by Crippen LogP contribution is 2.35. The summed E-state index contributed by atoms with van der Waals surface area (Å²) in [6, 6.07) is 7.41. The first-order valence-corrected chi connectivity index (χ1v) is 16.5. The predicted molar refractivity (Wildman–Crippen MR) is 152 cm³/mol. The zero-order valence-electron chi connectivity index (χ0n) is 23.7. The molecule has 0 spiro atoms. The number of rotatable bonds is 16. The van der Waals surface area contributed by atoms with Crippen LogP contribution in [0.2, 0.25) is 18.1 Å². The van der Waals surface area contributed by atoms with Crippen molar-refractivity contribution in [2.75, 3.05) is 7.11 Å². The molecule has 0 bridgehead atoms. The lowest BCUT2D eigenvalue weighted by atomic mass is 10.2. The topological polar surface area (TPSA) is 145 Å². The Morgan fingerprint density at radius 2 is 0.846 bits per heavy atom. The quantitative estimate of drug-likeness (QED) is 0.132. The van der Waals surface area contributed by atoms with Crippen molar-refractivity contribution in [1.29, 1.82) is 0 Å². The molecule has 3 aromatic heterocycles. The number of nitrogens with zero attached hydrogens (tertiary/aromatic N) is 3. The van der Waals surface area contributed by atoms with Crippen molar-refractivity contribution in [2.24, 2.45) is 0 Å². The molecule has 11 heteroatoms. The minimum absolute atomic E-state index is 0.0596. The number of aromatic nitrogens is 3. The zero-order valence-corrected chi connectivity index (χ0v) is 24.7. The fraction of sp³-hybridized carbons (Fsp3) is 0.571. The van der Waals surface area contributed by atoms with Crippen LogP contribution in [0.15, 0.2) is 18.2 Å². The maximum atomic E-state index is 10.5. The van der Waals surface area contributed by atoms with E-state index in [-0.39, 0.29) is 35.3 Å². The molecule has 0 aromatic carbocycles. The standard InChI is InChI=1S/C28H45N3O7Si/c1-5-29-23(32)17-20(26(29)35)11-8-14-39(38-4,15-9-12-21-18-24(33)30(6-2)27(21)36)16-10-13-22-19-25(34)31(7-3)28(22)37/h17-19,32-37H,5-16H2,1-4H3. The molecule has 0 amide bonds. The normalized spacial score (nSPS) is 12.0. The largest absolute Gasteiger partial charge is 0.494 e. The molecule has 3 heterocycles. The van der Waals surface area contributed by atoms with Gasteiger partial charge in [0.15, 0.2) is 43.6 Å². The van der Waals surface area contributed by atoms with Crippen molar-refractivity contribution in [2.45, 2.75) is 97.1 Å². The Bertz CT molecular complexity index is 1080. The van der Waals surface area contributed by atoms with Crippen LogP contribution in [0, 0.1) is 0 Å². The van der Waals surface area contributed by atoms with Crippen LogP contribution in [0.3, 0.4) is 0 Å². The molecule has 10 nitrogen and oxygen atoms in total. The zero-order chi connectivity index (χ0) is 28.7. The first-order valence-electron chi connectivity index (χ1n) is 14.0. The summed E-state index contributed by atoms with van der Waals surface area (Å²) in [5.74, 6) is 0.488. The molecule has 39 heavy (non-hydrogen) atoms. The van der Waals surface area contributed by atoms with Gasteiger partial charge in [-0.1, -0.05) is 0 Å². The third-order valence-corrected chi connectivity index (χ3v) is 12.6. The Kier molecular flexibility index (Phi) is 10.3. The number of hydrogen-bond acceptors (Lipinski definition) is 7. The van der Waals surface area contributed by atoms with Crippen LogP contribution < -0.4 is 0 Å². The van der Waals surface area contributed by atoms with Crippen molar-refractivity contribution < 1.29 is 35.1 Å². The highest BCUT2D eigenvalue weighted by Gasteiger charge is 2.33. The van der Waals surface area contributed by atoms with Crippen LogP contribution in [0.4, 0.5) is 0 Å². The molecule has 0 atom stereocenters. The van der Waals surface area contributed by atoms with Crippen molar-refractivity contribution in [3.05, 3.63) is 34.9 Å². The van der Waals surface area contributed by atoms with E-state index in [0.717, 1.165) is 54.1 Å². The minimum atomic E-state index is -2.28. The summed E-state index contributed by atoms with van der Waals surface area (Å²) in [7, 11) is -0.521. The molecule has 0 aliphatic rings. The Hall–Kier alpha value is -3.18. The summed E-state index contributed by atoms with van der Waals surface area (Å²) in [6.45, 7) is 7.05. The Morgan fingerprint density at radius 3 is 1.05 bits per heavy atom. The van der Waals surface area contributed by atoms with Crippen LogP contribution in [0.25, 0.3) is 0 Å². The molecule has 6 N–H and O–H groups in total. The lowest BCUT2D eigenvalue weighted by molar-refractivity contribution is 0.370. The van der Waals surface area contributed by atoms with E-state index in [2.05, 4.69) is 0 Å². The van der Waals surface area contributed by atoms with Gasteiger partial charge in [-0.2, -0.15) is 0 Å². The van der Waals surface area contributed by atoms with Crippen LogP contribution in [-0.2, 0) is 43.3 Å². The maximum Gasteiger partial charge on any atom is 0.197 e. The summed E-state index contributed by atoms with van der Waals surface area (Å²) < 4.78 is 10.7. The van der Waals surface area contributed by atoms with Crippen LogP contribution in [0.1, 0.15) is 56.7 Å². The van der Waals surface area contributed by atoms with Gasteiger partial charge >= 0.3 is 0 Å². The summed E-state index contributed by atoms with van der Waals surface area (Å²) in [5, 5.41) is 61.7. The van der Waals surface area contributed by atoms with Gasteiger partial charge < -0.3 is 35.1 Å². The Labute approximate surface area is 231 Å². The SMILES string of the molecule is CCn1c(O)cc(CCC[Si](CCCc2cc(O)n(CC)c2O)(CCCc2cc(O)n(CC)c2O)OC)c1O. The smallest absolute Gasteiger partial charge is 0.197 e. The fourth-order valence-electron chi connectivity index (χ4n) is 5.71. The maximum absolute atomic E-state index is 10.5. The van der Waals surface area contributed by atoms with Crippen molar-refractivity contribution >= 4 is 8.32 Å². The summed E-state index contributed by atoms with van der Waals surface area (Å²) in [4.78, 5) is 0. The molecule has 0 fully saturated rings. The first kappa shape index (κ1) is 30.4. The van der Waals surface area contributed by atoms with Crippen LogP contribution >= 0.6 is 0 Å². The molecule has 0 unspecified atom stereocenters. The highest BCUT2D eigenvalue weighted by molar-refractivity contribution is 6.73. The van der Waals surface area contributed by atoms with E-state index in [1.54, 1.807) is 25.3 Å². The van der Waals surface area contributed by atoms with Gasteiger partial charge in [0.2, 0.25) is 0 Å². The fourth-order valence-corrected chi connectivity index (χ4v) is 9.54. The van der Waals surface area contributed by atoms with E-state index in [4.69, 9.17) is 4.43 Å². The molecule has 3 rings (SSSR count). The monoisotopic (exact) mass is 563 g/mol. The lowest BCUT2D eigenvalue weighted by Crippen LogP contribution is -2.37. The number of aryl methyl sites for hydroxylation is 3. The summed E-state index contributed by atoms with van der Waals surface area (Å²) in [6.07, 6.45) is 4.22. The summed E-state index contributed by atoms with van der Waals surface area (Å²) >= 11 is 0. The van der Waals surface area contributed by atoms with Crippen LogP contribution in [0.5, 0.6) is 35.3 Å². The van der Waals surface area contributed by atoms with Gasteiger partial charge in [0, 0.05) is 61.6 Å². The van der Waals surface area contributed by atoms with Gasteiger partial charge in [0.05, 0.1) is 0 Å².